The van der Waals surface area contributed by atoms with Crippen LogP contribution in [0, 0.1) is 0 Å². The first-order valence-electron chi connectivity index (χ1n) is 6.31. The summed E-state index contributed by atoms with van der Waals surface area (Å²) in [5.41, 5.74) is 6.72. The Bertz CT molecular complexity index is 526. The van der Waals surface area contributed by atoms with Crippen molar-refractivity contribution in [2.45, 2.75) is 38.6 Å². The summed E-state index contributed by atoms with van der Waals surface area (Å²) in [5, 5.41) is 13.2. The number of aromatic nitrogens is 2. The van der Waals surface area contributed by atoms with Gasteiger partial charge in [0.15, 0.2) is 5.82 Å². The van der Waals surface area contributed by atoms with Gasteiger partial charge in [-0.3, -0.25) is 0 Å². The van der Waals surface area contributed by atoms with E-state index in [1.807, 2.05) is 26.0 Å². The highest BCUT2D eigenvalue weighted by molar-refractivity contribution is 5.27. The molecule has 0 unspecified atom stereocenters. The van der Waals surface area contributed by atoms with Gasteiger partial charge in [-0.15, -0.1) is 0 Å². The highest BCUT2D eigenvalue weighted by Crippen LogP contribution is 2.14. The van der Waals surface area contributed by atoms with Gasteiger partial charge in [0.05, 0.1) is 0 Å². The van der Waals surface area contributed by atoms with Gasteiger partial charge in [0.25, 0.3) is 0 Å². The lowest BCUT2D eigenvalue weighted by Crippen LogP contribution is -2.32. The van der Waals surface area contributed by atoms with Crippen molar-refractivity contribution in [2.75, 3.05) is 0 Å². The maximum atomic E-state index is 9.21. The molecule has 0 spiro atoms. The molecule has 0 amide bonds. The minimum atomic E-state index is -0.231. The molecule has 5 nitrogen and oxygen atoms in total. The average Bonchev–Trinajstić information content (AvgIpc) is 2.77. The summed E-state index contributed by atoms with van der Waals surface area (Å²) in [6.45, 7) is 3.95. The molecule has 0 saturated heterocycles. The zero-order valence-electron chi connectivity index (χ0n) is 11.3. The number of rotatable bonds is 5. The number of nitrogens with two attached hydrogens (primary N) is 1. The quantitative estimate of drug-likeness (QED) is 0.860. The maximum Gasteiger partial charge on any atom is 0.226 e. The number of aromatic hydroxyl groups is 1. The minimum Gasteiger partial charge on any atom is -0.508 e. The lowest BCUT2D eigenvalue weighted by molar-refractivity contribution is 0.355. The first kappa shape index (κ1) is 13.5. The second-order valence-corrected chi connectivity index (χ2v) is 5.44. The fraction of sp³-hybridized carbons (Fsp3) is 0.429. The van der Waals surface area contributed by atoms with Crippen LogP contribution >= 0.6 is 0 Å². The SMILES string of the molecule is CC(C)(N)CCc1nc(Cc2ccc(O)cc2)no1. The topological polar surface area (TPSA) is 85.2 Å². The van der Waals surface area contributed by atoms with Gasteiger partial charge < -0.3 is 15.4 Å². The first-order chi connectivity index (χ1) is 8.92. The van der Waals surface area contributed by atoms with Crippen LogP contribution in [0.2, 0.25) is 0 Å². The molecule has 102 valence electrons. The highest BCUT2D eigenvalue weighted by atomic mass is 16.5. The molecule has 0 saturated carbocycles. The summed E-state index contributed by atoms with van der Waals surface area (Å²) in [6.07, 6.45) is 2.08. The monoisotopic (exact) mass is 261 g/mol. The molecule has 19 heavy (non-hydrogen) atoms. The van der Waals surface area contributed by atoms with Crippen molar-refractivity contribution in [1.29, 1.82) is 0 Å². The normalized spacial score (nSPS) is 11.7. The molecule has 0 aliphatic rings. The Morgan fingerprint density at radius 2 is 1.95 bits per heavy atom. The molecule has 3 N–H and O–H groups in total. The summed E-state index contributed by atoms with van der Waals surface area (Å²) < 4.78 is 5.19. The number of aryl methyl sites for hydroxylation is 1. The molecule has 0 bridgehead atoms. The van der Waals surface area contributed by atoms with Crippen LogP contribution in [-0.4, -0.2) is 20.8 Å². The van der Waals surface area contributed by atoms with E-state index in [1.165, 1.54) is 0 Å². The molecule has 1 aromatic heterocycles. The highest BCUT2D eigenvalue weighted by Gasteiger charge is 2.14. The Balaban J connectivity index is 1.95. The van der Waals surface area contributed by atoms with Crippen molar-refractivity contribution in [1.82, 2.24) is 10.1 Å². The molecule has 0 aliphatic heterocycles. The summed E-state index contributed by atoms with van der Waals surface area (Å²) in [5.74, 6) is 1.52. The summed E-state index contributed by atoms with van der Waals surface area (Å²) in [7, 11) is 0. The molecule has 0 fully saturated rings. The molecule has 0 atom stereocenters. The number of nitrogens with zero attached hydrogens (tertiary/aromatic N) is 2. The van der Waals surface area contributed by atoms with E-state index in [1.54, 1.807) is 12.1 Å². The van der Waals surface area contributed by atoms with Crippen LogP contribution in [0.25, 0.3) is 0 Å². The van der Waals surface area contributed by atoms with Crippen LogP contribution in [0.5, 0.6) is 5.75 Å². The van der Waals surface area contributed by atoms with Crippen LogP contribution in [-0.2, 0) is 12.8 Å². The Kier molecular flexibility index (Phi) is 3.85. The van der Waals surface area contributed by atoms with Gasteiger partial charge in [-0.05, 0) is 38.0 Å². The van der Waals surface area contributed by atoms with Gasteiger partial charge in [0.2, 0.25) is 5.89 Å². The van der Waals surface area contributed by atoms with Crippen molar-refractivity contribution >= 4 is 0 Å². The largest absolute Gasteiger partial charge is 0.508 e. The number of benzene rings is 1. The molecule has 2 rings (SSSR count). The van der Waals surface area contributed by atoms with Gasteiger partial charge in [0.1, 0.15) is 5.75 Å². The van der Waals surface area contributed by atoms with Crippen LogP contribution in [0.4, 0.5) is 0 Å². The van der Waals surface area contributed by atoms with Gasteiger partial charge in [-0.25, -0.2) is 0 Å². The van der Waals surface area contributed by atoms with Crippen molar-refractivity contribution < 1.29 is 9.63 Å². The number of phenolic OH excluding ortho intramolecular Hbond substituents is 1. The molecule has 5 heteroatoms. The lowest BCUT2D eigenvalue weighted by Gasteiger charge is -2.16. The Labute approximate surface area is 112 Å². The predicted molar refractivity (Wildman–Crippen MR) is 71.8 cm³/mol. The minimum absolute atomic E-state index is 0.231. The molecule has 0 aliphatic carbocycles. The summed E-state index contributed by atoms with van der Waals surface area (Å²) in [4.78, 5) is 4.34. The summed E-state index contributed by atoms with van der Waals surface area (Å²) >= 11 is 0. The smallest absolute Gasteiger partial charge is 0.226 e. The molecular formula is C14H19N3O2. The van der Waals surface area contributed by atoms with Crippen molar-refractivity contribution in [3.8, 4) is 5.75 Å². The third-order valence-corrected chi connectivity index (χ3v) is 2.79. The fourth-order valence-corrected chi connectivity index (χ4v) is 1.69. The molecule has 1 aromatic carbocycles. The van der Waals surface area contributed by atoms with Crippen LogP contribution in [0.15, 0.2) is 28.8 Å². The van der Waals surface area contributed by atoms with E-state index in [2.05, 4.69) is 10.1 Å². The average molecular weight is 261 g/mol. The third-order valence-electron chi connectivity index (χ3n) is 2.79. The number of hydrogen-bond donors (Lipinski definition) is 2. The van der Waals surface area contributed by atoms with Gasteiger partial charge in [-0.2, -0.15) is 4.98 Å². The van der Waals surface area contributed by atoms with E-state index in [0.29, 0.717) is 24.6 Å². The molecule has 1 heterocycles. The fourth-order valence-electron chi connectivity index (χ4n) is 1.69. The van der Waals surface area contributed by atoms with E-state index >= 15 is 0 Å². The standard InChI is InChI=1S/C14H19N3O2/c1-14(2,15)8-7-13-16-12(17-19-13)9-10-3-5-11(18)6-4-10/h3-6,18H,7-9,15H2,1-2H3. The Morgan fingerprint density at radius 3 is 2.58 bits per heavy atom. The second-order valence-electron chi connectivity index (χ2n) is 5.44. The lowest BCUT2D eigenvalue weighted by atomic mass is 10.0. The van der Waals surface area contributed by atoms with Crippen molar-refractivity contribution in [3.63, 3.8) is 0 Å². The van der Waals surface area contributed by atoms with Crippen molar-refractivity contribution in [2.24, 2.45) is 5.73 Å². The molecule has 2 aromatic rings. The van der Waals surface area contributed by atoms with E-state index < -0.39 is 0 Å². The van der Waals surface area contributed by atoms with Gasteiger partial charge in [0, 0.05) is 18.4 Å². The first-order valence-corrected chi connectivity index (χ1v) is 6.31. The van der Waals surface area contributed by atoms with Crippen LogP contribution in [0.1, 0.15) is 37.5 Å². The van der Waals surface area contributed by atoms with E-state index in [9.17, 15) is 5.11 Å². The van der Waals surface area contributed by atoms with Crippen molar-refractivity contribution in [3.05, 3.63) is 41.5 Å². The molecular weight excluding hydrogens is 242 g/mol. The van der Waals surface area contributed by atoms with E-state index in [-0.39, 0.29) is 11.3 Å². The Morgan fingerprint density at radius 1 is 1.26 bits per heavy atom. The Hall–Kier alpha value is -1.88. The molecule has 0 radical (unpaired) electrons. The van der Waals surface area contributed by atoms with E-state index in [4.69, 9.17) is 10.3 Å². The predicted octanol–water partition coefficient (Wildman–Crippen LogP) is 2.04. The maximum absolute atomic E-state index is 9.21. The number of hydrogen-bond acceptors (Lipinski definition) is 5. The zero-order chi connectivity index (χ0) is 13.9. The number of phenols is 1. The van der Waals surface area contributed by atoms with Crippen LogP contribution < -0.4 is 5.73 Å². The second kappa shape index (κ2) is 5.40. The summed E-state index contributed by atoms with van der Waals surface area (Å²) in [6, 6.07) is 6.98. The third kappa shape index (κ3) is 4.37. The van der Waals surface area contributed by atoms with Crippen LogP contribution in [0.3, 0.4) is 0 Å². The van der Waals surface area contributed by atoms with E-state index in [0.717, 1.165) is 12.0 Å². The zero-order valence-corrected chi connectivity index (χ0v) is 11.3. The van der Waals surface area contributed by atoms with Gasteiger partial charge >= 0.3 is 0 Å². The van der Waals surface area contributed by atoms with Gasteiger partial charge in [-0.1, -0.05) is 17.3 Å².